The molecule has 172 valence electrons. The Balaban J connectivity index is 1.21. The van der Waals surface area contributed by atoms with Crippen LogP contribution in [-0.4, -0.2) is 20.1 Å². The molecule has 3 aromatic carbocycles. The molecule has 0 saturated carbocycles. The highest BCUT2D eigenvalue weighted by molar-refractivity contribution is 5.82. The summed E-state index contributed by atoms with van der Waals surface area (Å²) >= 11 is 0. The zero-order valence-corrected chi connectivity index (χ0v) is 19.5. The van der Waals surface area contributed by atoms with Gasteiger partial charge in [-0.1, -0.05) is 35.9 Å². The van der Waals surface area contributed by atoms with Crippen molar-refractivity contribution in [3.8, 4) is 16.9 Å². The second kappa shape index (κ2) is 9.69. The summed E-state index contributed by atoms with van der Waals surface area (Å²) in [4.78, 5) is 13.4. The van der Waals surface area contributed by atoms with Gasteiger partial charge in [0.1, 0.15) is 12.3 Å². The Morgan fingerprint density at radius 3 is 2.43 bits per heavy atom. The normalized spacial score (nSPS) is 11.3. The number of pyridine rings is 1. The Labute approximate surface area is 203 Å². The molecule has 2 aromatic heterocycles. The summed E-state index contributed by atoms with van der Waals surface area (Å²) in [6.45, 7) is 4.35. The fourth-order valence-corrected chi connectivity index (χ4v) is 3.79. The summed E-state index contributed by atoms with van der Waals surface area (Å²) in [5.41, 5.74) is 7.54. The minimum atomic E-state index is 0.255. The number of phenolic OH excluding ortho intramolecular Hbond substituents is 1. The molecule has 0 aliphatic carbocycles. The van der Waals surface area contributed by atoms with E-state index in [1.54, 1.807) is 18.3 Å². The number of aryl methyl sites for hydroxylation is 2. The van der Waals surface area contributed by atoms with E-state index < -0.39 is 0 Å². The van der Waals surface area contributed by atoms with Crippen LogP contribution in [0.4, 0.5) is 17.3 Å². The zero-order valence-electron chi connectivity index (χ0n) is 19.5. The first-order chi connectivity index (χ1) is 17.0. The van der Waals surface area contributed by atoms with Crippen LogP contribution in [0, 0.1) is 13.8 Å². The summed E-state index contributed by atoms with van der Waals surface area (Å²) in [6, 6.07) is 25.2. The number of nitrogens with one attached hydrogen (secondary N) is 1. The molecule has 0 aliphatic heterocycles. The maximum Gasteiger partial charge on any atom is 0.269 e. The number of azo groups is 1. The van der Waals surface area contributed by atoms with Gasteiger partial charge in [-0.3, -0.25) is 4.98 Å². The number of rotatable bonds is 6. The summed E-state index contributed by atoms with van der Waals surface area (Å²) in [6.07, 6.45) is 1.77. The van der Waals surface area contributed by atoms with Crippen molar-refractivity contribution in [2.24, 2.45) is 10.2 Å². The predicted octanol–water partition coefficient (Wildman–Crippen LogP) is 7.04. The van der Waals surface area contributed by atoms with Gasteiger partial charge < -0.3 is 10.4 Å². The van der Waals surface area contributed by atoms with Crippen LogP contribution >= 0.6 is 0 Å². The molecule has 0 spiro atoms. The van der Waals surface area contributed by atoms with Gasteiger partial charge in [-0.25, -0.2) is 9.97 Å². The van der Waals surface area contributed by atoms with Crippen LogP contribution in [0.1, 0.15) is 17.0 Å². The van der Waals surface area contributed by atoms with E-state index in [0.717, 1.165) is 44.8 Å². The van der Waals surface area contributed by atoms with E-state index in [1.807, 2.05) is 67.6 Å². The lowest BCUT2D eigenvalue weighted by molar-refractivity contribution is 0.475. The van der Waals surface area contributed by atoms with Crippen molar-refractivity contribution < 1.29 is 5.11 Å². The predicted molar refractivity (Wildman–Crippen MR) is 138 cm³/mol. The highest BCUT2D eigenvalue weighted by Gasteiger charge is 2.05. The lowest BCUT2D eigenvalue weighted by Gasteiger charge is -2.08. The lowest BCUT2D eigenvalue weighted by Crippen LogP contribution is -1.93. The standard InChI is InChI=1S/C28H24N6O/c1-18-6-13-27-26(14-18)19(2)31-28(33-27)34-30-17-23-11-12-24(16-29-23)32-22-9-7-20(8-10-22)21-4-3-5-25(35)15-21/h3-16,32,35H,17H2,1-2H3. The SMILES string of the molecule is Cc1ccc2nc(N=NCc3ccc(Nc4ccc(-c5cccc(O)c5)cc4)cn3)nc(C)c2c1. The monoisotopic (exact) mass is 460 g/mol. The fourth-order valence-electron chi connectivity index (χ4n) is 3.79. The maximum atomic E-state index is 9.68. The Morgan fingerprint density at radius 1 is 0.829 bits per heavy atom. The van der Waals surface area contributed by atoms with Gasteiger partial charge in [-0.05, 0) is 73.5 Å². The molecule has 2 N–H and O–H groups in total. The second-order valence-electron chi connectivity index (χ2n) is 8.32. The average molecular weight is 461 g/mol. The van der Waals surface area contributed by atoms with Crippen molar-refractivity contribution in [1.29, 1.82) is 0 Å². The van der Waals surface area contributed by atoms with E-state index in [9.17, 15) is 5.11 Å². The molecular weight excluding hydrogens is 436 g/mol. The number of phenols is 1. The third-order valence-electron chi connectivity index (χ3n) is 5.60. The molecule has 0 bridgehead atoms. The molecular formula is C28H24N6O. The van der Waals surface area contributed by atoms with Gasteiger partial charge in [-0.15, -0.1) is 5.11 Å². The molecule has 0 amide bonds. The van der Waals surface area contributed by atoms with E-state index in [1.165, 1.54) is 5.56 Å². The van der Waals surface area contributed by atoms with Gasteiger partial charge in [-0.2, -0.15) is 5.11 Å². The Bertz CT molecular complexity index is 1510. The quantitative estimate of drug-likeness (QED) is 0.265. The van der Waals surface area contributed by atoms with E-state index in [4.69, 9.17) is 0 Å². The zero-order chi connectivity index (χ0) is 24.2. The number of anilines is 2. The first-order valence-corrected chi connectivity index (χ1v) is 11.3. The van der Waals surface area contributed by atoms with Crippen LogP contribution in [0.3, 0.4) is 0 Å². The smallest absolute Gasteiger partial charge is 0.269 e. The summed E-state index contributed by atoms with van der Waals surface area (Å²) < 4.78 is 0. The molecule has 5 aromatic rings. The first-order valence-electron chi connectivity index (χ1n) is 11.3. The first kappa shape index (κ1) is 22.2. The van der Waals surface area contributed by atoms with Crippen LogP contribution in [0.2, 0.25) is 0 Å². The molecule has 2 heterocycles. The molecule has 0 atom stereocenters. The van der Waals surface area contributed by atoms with Crippen molar-refractivity contribution in [2.45, 2.75) is 20.4 Å². The molecule has 0 saturated heterocycles. The van der Waals surface area contributed by atoms with Crippen LogP contribution in [0.15, 0.2) is 95.3 Å². The summed E-state index contributed by atoms with van der Waals surface area (Å²) in [7, 11) is 0. The molecule has 7 heteroatoms. The van der Waals surface area contributed by atoms with E-state index >= 15 is 0 Å². The van der Waals surface area contributed by atoms with E-state index in [-0.39, 0.29) is 5.75 Å². The summed E-state index contributed by atoms with van der Waals surface area (Å²) in [5.74, 6) is 0.608. The summed E-state index contributed by atoms with van der Waals surface area (Å²) in [5, 5.41) is 22.5. The number of aromatic hydroxyl groups is 1. The molecule has 0 aliphatic rings. The average Bonchev–Trinajstić information content (AvgIpc) is 2.86. The van der Waals surface area contributed by atoms with Gasteiger partial charge in [0.2, 0.25) is 0 Å². The molecule has 0 radical (unpaired) electrons. The van der Waals surface area contributed by atoms with Crippen LogP contribution in [0.5, 0.6) is 5.75 Å². The Kier molecular flexibility index (Phi) is 6.13. The van der Waals surface area contributed by atoms with Crippen LogP contribution in [0.25, 0.3) is 22.0 Å². The van der Waals surface area contributed by atoms with E-state index in [0.29, 0.717) is 12.5 Å². The molecule has 0 unspecified atom stereocenters. The van der Waals surface area contributed by atoms with Crippen molar-refractivity contribution in [2.75, 3.05) is 5.32 Å². The number of benzene rings is 3. The Morgan fingerprint density at radius 2 is 1.66 bits per heavy atom. The minimum absolute atomic E-state index is 0.255. The number of hydrogen-bond donors (Lipinski definition) is 2. The van der Waals surface area contributed by atoms with Crippen molar-refractivity contribution in [3.63, 3.8) is 0 Å². The molecule has 35 heavy (non-hydrogen) atoms. The Hall–Kier alpha value is -4.65. The number of aromatic nitrogens is 3. The van der Waals surface area contributed by atoms with Crippen molar-refractivity contribution >= 4 is 28.2 Å². The molecule has 5 rings (SSSR count). The van der Waals surface area contributed by atoms with Gasteiger partial charge in [0, 0.05) is 11.1 Å². The lowest BCUT2D eigenvalue weighted by atomic mass is 10.1. The minimum Gasteiger partial charge on any atom is -0.508 e. The van der Waals surface area contributed by atoms with Gasteiger partial charge in [0.05, 0.1) is 28.8 Å². The van der Waals surface area contributed by atoms with Crippen molar-refractivity contribution in [3.05, 3.63) is 102 Å². The van der Waals surface area contributed by atoms with E-state index in [2.05, 4.69) is 43.5 Å². The topological polar surface area (TPSA) is 95.7 Å². The van der Waals surface area contributed by atoms with Crippen LogP contribution < -0.4 is 5.32 Å². The van der Waals surface area contributed by atoms with Gasteiger partial charge in [0.15, 0.2) is 0 Å². The highest BCUT2D eigenvalue weighted by atomic mass is 16.3. The van der Waals surface area contributed by atoms with Crippen molar-refractivity contribution in [1.82, 2.24) is 15.0 Å². The van der Waals surface area contributed by atoms with Gasteiger partial charge >= 0.3 is 0 Å². The third kappa shape index (κ3) is 5.30. The molecule has 0 fully saturated rings. The fraction of sp³-hybridized carbons (Fsp3) is 0.107. The number of hydrogen-bond acceptors (Lipinski definition) is 7. The number of nitrogens with zero attached hydrogens (tertiary/aromatic N) is 5. The second-order valence-corrected chi connectivity index (χ2v) is 8.32. The largest absolute Gasteiger partial charge is 0.508 e. The third-order valence-corrected chi connectivity index (χ3v) is 5.60. The van der Waals surface area contributed by atoms with Crippen LogP contribution in [-0.2, 0) is 6.54 Å². The highest BCUT2D eigenvalue weighted by Crippen LogP contribution is 2.26. The molecule has 7 nitrogen and oxygen atoms in total. The maximum absolute atomic E-state index is 9.68. The number of fused-ring (bicyclic) bond motifs is 1. The van der Waals surface area contributed by atoms with Gasteiger partial charge in [0.25, 0.3) is 5.95 Å².